The summed E-state index contributed by atoms with van der Waals surface area (Å²) >= 11 is 0. The third-order valence-corrected chi connectivity index (χ3v) is 14.3. The Morgan fingerprint density at radius 3 is 0.721 bits per heavy atom. The second kappa shape index (κ2) is 56.3. The van der Waals surface area contributed by atoms with Gasteiger partial charge in [0.25, 0.3) is 0 Å². The van der Waals surface area contributed by atoms with Crippen molar-refractivity contribution in [2.75, 3.05) is 13.2 Å². The number of hydrogen-bond acceptors (Lipinski definition) is 6. The summed E-state index contributed by atoms with van der Waals surface area (Å²) in [5.74, 6) is 0.0227. The van der Waals surface area contributed by atoms with Crippen LogP contribution in [0.5, 0.6) is 0 Å². The SMILES string of the molecule is CCCCCCCCCCCCCCCCCCCCC(=O)OC[C@@H](COC(=O)CCCCCCCCCCCCCCCCCCC(C)C)OC(=O)CCCCCCCCCCCCCCC. The predicted octanol–water partition coefficient (Wildman–Crippen LogP) is 20.6. The van der Waals surface area contributed by atoms with Gasteiger partial charge in [-0.25, -0.2) is 0 Å². The lowest BCUT2D eigenvalue weighted by molar-refractivity contribution is -0.167. The number of carbonyl (C=O) groups excluding carboxylic acids is 3. The average Bonchev–Trinajstić information content (AvgIpc) is 3.32. The Morgan fingerprint density at radius 1 is 0.279 bits per heavy atom. The molecule has 0 fully saturated rings. The Morgan fingerprint density at radius 2 is 0.485 bits per heavy atom. The van der Waals surface area contributed by atoms with E-state index in [9.17, 15) is 14.4 Å². The van der Waals surface area contributed by atoms with Crippen LogP contribution in [0.1, 0.15) is 355 Å². The van der Waals surface area contributed by atoms with E-state index < -0.39 is 6.10 Å². The van der Waals surface area contributed by atoms with Gasteiger partial charge < -0.3 is 14.2 Å². The van der Waals surface area contributed by atoms with Gasteiger partial charge >= 0.3 is 17.9 Å². The standard InChI is InChI=1S/C62H120O6/c1-5-7-9-11-13-15-17-19-20-21-22-26-30-33-37-41-45-49-53-60(63)66-56-59(68-62(65)55-51-47-43-39-35-28-18-16-14-12-10-8-6-2)57-67-61(64)54-50-46-42-38-34-31-27-24-23-25-29-32-36-40-44-48-52-58(3)4/h58-59H,5-57H2,1-4H3/t59-/m0/s1. The summed E-state index contributed by atoms with van der Waals surface area (Å²) in [6, 6.07) is 0. The first-order valence-corrected chi connectivity index (χ1v) is 30.9. The molecule has 0 spiro atoms. The zero-order chi connectivity index (χ0) is 49.5. The Bertz CT molecular complexity index is 1030. The lowest BCUT2D eigenvalue weighted by atomic mass is 10.0. The van der Waals surface area contributed by atoms with E-state index >= 15 is 0 Å². The van der Waals surface area contributed by atoms with Crippen LogP contribution in [-0.2, 0) is 28.6 Å². The van der Waals surface area contributed by atoms with Gasteiger partial charge in [0.1, 0.15) is 13.2 Å². The molecule has 6 heteroatoms. The molecule has 0 saturated heterocycles. The predicted molar refractivity (Wildman–Crippen MR) is 293 cm³/mol. The van der Waals surface area contributed by atoms with Crippen LogP contribution in [0.15, 0.2) is 0 Å². The zero-order valence-corrected chi connectivity index (χ0v) is 46.6. The molecule has 0 rings (SSSR count). The third kappa shape index (κ3) is 55.3. The normalized spacial score (nSPS) is 12.0. The van der Waals surface area contributed by atoms with E-state index in [2.05, 4.69) is 27.7 Å². The number of ether oxygens (including phenoxy) is 3. The summed E-state index contributed by atoms with van der Waals surface area (Å²) in [6.45, 7) is 9.09. The lowest BCUT2D eigenvalue weighted by Crippen LogP contribution is -2.30. The monoisotopic (exact) mass is 961 g/mol. The number of unbranched alkanes of at least 4 members (excludes halogenated alkanes) is 44. The molecule has 0 aromatic rings. The molecule has 68 heavy (non-hydrogen) atoms. The number of esters is 3. The molecule has 404 valence electrons. The number of rotatable bonds is 57. The molecule has 0 aromatic carbocycles. The van der Waals surface area contributed by atoms with E-state index in [1.807, 2.05) is 0 Å². The maximum absolute atomic E-state index is 12.9. The number of hydrogen-bond donors (Lipinski definition) is 0. The molecule has 0 N–H and O–H groups in total. The molecule has 1 atom stereocenters. The molecule has 6 nitrogen and oxygen atoms in total. The molecule has 0 saturated carbocycles. The van der Waals surface area contributed by atoms with E-state index in [0.29, 0.717) is 19.3 Å². The fraction of sp³-hybridized carbons (Fsp3) is 0.952. The van der Waals surface area contributed by atoms with Gasteiger partial charge in [-0.15, -0.1) is 0 Å². The van der Waals surface area contributed by atoms with Crippen LogP contribution in [-0.4, -0.2) is 37.2 Å². The first-order valence-electron chi connectivity index (χ1n) is 30.9. The van der Waals surface area contributed by atoms with E-state index in [4.69, 9.17) is 14.2 Å². The van der Waals surface area contributed by atoms with Gasteiger partial charge in [0, 0.05) is 19.3 Å². The van der Waals surface area contributed by atoms with Crippen LogP contribution in [0.25, 0.3) is 0 Å². The van der Waals surface area contributed by atoms with Crippen molar-refractivity contribution in [3.63, 3.8) is 0 Å². The largest absolute Gasteiger partial charge is 0.462 e. The van der Waals surface area contributed by atoms with Gasteiger partial charge in [0.2, 0.25) is 0 Å². The van der Waals surface area contributed by atoms with E-state index in [1.165, 1.54) is 250 Å². The van der Waals surface area contributed by atoms with Crippen LogP contribution in [0, 0.1) is 5.92 Å². The summed E-state index contributed by atoms with van der Waals surface area (Å²) in [5, 5.41) is 0. The molecule has 0 aliphatic rings. The third-order valence-electron chi connectivity index (χ3n) is 14.3. The van der Waals surface area contributed by atoms with Gasteiger partial charge in [-0.05, 0) is 25.2 Å². The minimum Gasteiger partial charge on any atom is -0.462 e. The van der Waals surface area contributed by atoms with Gasteiger partial charge in [-0.2, -0.15) is 0 Å². The highest BCUT2D eigenvalue weighted by Crippen LogP contribution is 2.18. The molecule has 0 heterocycles. The summed E-state index contributed by atoms with van der Waals surface area (Å²) in [4.78, 5) is 38.2. The smallest absolute Gasteiger partial charge is 0.306 e. The topological polar surface area (TPSA) is 78.9 Å². The second-order valence-electron chi connectivity index (χ2n) is 21.8. The molecular weight excluding hydrogens is 841 g/mol. The highest BCUT2D eigenvalue weighted by Gasteiger charge is 2.19. The number of carbonyl (C=O) groups is 3. The Balaban J connectivity index is 4.25. The van der Waals surface area contributed by atoms with Crippen LogP contribution < -0.4 is 0 Å². The fourth-order valence-electron chi connectivity index (χ4n) is 9.63. The Hall–Kier alpha value is -1.59. The molecular formula is C62H120O6. The molecule has 0 aromatic heterocycles. The maximum Gasteiger partial charge on any atom is 0.306 e. The van der Waals surface area contributed by atoms with Crippen molar-refractivity contribution in [2.24, 2.45) is 5.92 Å². The molecule has 0 aliphatic carbocycles. The van der Waals surface area contributed by atoms with Crippen molar-refractivity contribution < 1.29 is 28.6 Å². The van der Waals surface area contributed by atoms with Gasteiger partial charge in [-0.1, -0.05) is 317 Å². The average molecular weight is 962 g/mol. The first kappa shape index (κ1) is 66.4. The molecule has 0 bridgehead atoms. The van der Waals surface area contributed by atoms with Crippen molar-refractivity contribution in [3.8, 4) is 0 Å². The van der Waals surface area contributed by atoms with Crippen molar-refractivity contribution >= 4 is 17.9 Å². The fourth-order valence-corrected chi connectivity index (χ4v) is 9.63. The Labute approximate surface area is 425 Å². The second-order valence-corrected chi connectivity index (χ2v) is 21.8. The minimum atomic E-state index is -0.762. The summed E-state index contributed by atoms with van der Waals surface area (Å²) in [5.41, 5.74) is 0. The van der Waals surface area contributed by atoms with E-state index in [1.54, 1.807) is 0 Å². The van der Waals surface area contributed by atoms with E-state index in [0.717, 1.165) is 63.7 Å². The molecule has 0 aliphatic heterocycles. The quantitative estimate of drug-likeness (QED) is 0.0343. The van der Waals surface area contributed by atoms with Crippen molar-refractivity contribution in [2.45, 2.75) is 361 Å². The van der Waals surface area contributed by atoms with Crippen molar-refractivity contribution in [1.82, 2.24) is 0 Å². The maximum atomic E-state index is 12.9. The molecule has 0 radical (unpaired) electrons. The minimum absolute atomic E-state index is 0.0613. The van der Waals surface area contributed by atoms with Crippen LogP contribution >= 0.6 is 0 Å². The van der Waals surface area contributed by atoms with Gasteiger partial charge in [0.05, 0.1) is 0 Å². The summed E-state index contributed by atoms with van der Waals surface area (Å²) < 4.78 is 16.9. The highest BCUT2D eigenvalue weighted by atomic mass is 16.6. The van der Waals surface area contributed by atoms with Gasteiger partial charge in [0.15, 0.2) is 6.10 Å². The van der Waals surface area contributed by atoms with Crippen molar-refractivity contribution in [3.05, 3.63) is 0 Å². The van der Waals surface area contributed by atoms with Gasteiger partial charge in [-0.3, -0.25) is 14.4 Å². The summed E-state index contributed by atoms with van der Waals surface area (Å²) in [6.07, 6.45) is 62.4. The van der Waals surface area contributed by atoms with Crippen LogP contribution in [0.3, 0.4) is 0 Å². The Kier molecular flexibility index (Phi) is 55.0. The van der Waals surface area contributed by atoms with Crippen LogP contribution in [0.2, 0.25) is 0 Å². The highest BCUT2D eigenvalue weighted by molar-refractivity contribution is 5.71. The summed E-state index contributed by atoms with van der Waals surface area (Å²) in [7, 11) is 0. The first-order chi connectivity index (χ1) is 33.4. The molecule has 0 unspecified atom stereocenters. The van der Waals surface area contributed by atoms with Crippen molar-refractivity contribution in [1.29, 1.82) is 0 Å². The molecule has 0 amide bonds. The van der Waals surface area contributed by atoms with Crippen LogP contribution in [0.4, 0.5) is 0 Å². The van der Waals surface area contributed by atoms with E-state index in [-0.39, 0.29) is 31.1 Å². The zero-order valence-electron chi connectivity index (χ0n) is 46.6. The lowest BCUT2D eigenvalue weighted by Gasteiger charge is -2.18.